The van der Waals surface area contributed by atoms with Crippen molar-refractivity contribution in [2.45, 2.75) is 76.7 Å². The molecule has 3 fully saturated rings. The molecular weight excluding hydrogens is 466 g/mol. The number of nitrogens with one attached hydrogen (secondary N) is 2. The van der Waals surface area contributed by atoms with Gasteiger partial charge in [-0.2, -0.15) is 4.98 Å². The fourth-order valence-electron chi connectivity index (χ4n) is 5.18. The fourth-order valence-corrected chi connectivity index (χ4v) is 5.44. The highest BCUT2D eigenvalue weighted by molar-refractivity contribution is 6.31. The molecule has 0 unspecified atom stereocenters. The number of anilines is 2. The van der Waals surface area contributed by atoms with Crippen molar-refractivity contribution in [1.29, 1.82) is 0 Å². The van der Waals surface area contributed by atoms with E-state index < -0.39 is 0 Å². The van der Waals surface area contributed by atoms with Crippen molar-refractivity contribution in [2.24, 2.45) is 5.41 Å². The first-order valence-corrected chi connectivity index (χ1v) is 13.1. The molecule has 1 aliphatic heterocycles. The van der Waals surface area contributed by atoms with E-state index in [1.54, 1.807) is 12.3 Å². The van der Waals surface area contributed by atoms with Crippen LogP contribution in [0.2, 0.25) is 5.02 Å². The number of amides is 1. The minimum Gasteiger partial charge on any atom is -0.393 e. The van der Waals surface area contributed by atoms with E-state index in [4.69, 9.17) is 16.6 Å². The van der Waals surface area contributed by atoms with Crippen LogP contribution < -0.4 is 15.5 Å². The number of aliphatic hydroxyl groups excluding tert-OH is 2. The van der Waals surface area contributed by atoms with E-state index in [1.807, 2.05) is 12.1 Å². The predicted octanol–water partition coefficient (Wildman–Crippen LogP) is 3.65. The molecule has 35 heavy (non-hydrogen) atoms. The molecule has 5 rings (SSSR count). The van der Waals surface area contributed by atoms with Crippen LogP contribution in [0.25, 0.3) is 0 Å². The van der Waals surface area contributed by atoms with Crippen LogP contribution in [-0.4, -0.2) is 51.3 Å². The third-order valence-corrected chi connectivity index (χ3v) is 8.22. The lowest BCUT2D eigenvalue weighted by Crippen LogP contribution is -2.39. The number of halogens is 1. The Morgan fingerprint density at radius 3 is 2.54 bits per heavy atom. The quantitative estimate of drug-likeness (QED) is 0.460. The highest BCUT2D eigenvalue weighted by Gasteiger charge is 2.44. The monoisotopic (exact) mass is 499 g/mol. The second-order valence-corrected chi connectivity index (χ2v) is 10.7. The lowest BCUT2D eigenvalue weighted by molar-refractivity contribution is 0.0867. The number of nitrogens with zero attached hydrogens (tertiary/aromatic N) is 3. The number of hydrogen-bond acceptors (Lipinski definition) is 7. The zero-order valence-corrected chi connectivity index (χ0v) is 20.7. The highest BCUT2D eigenvalue weighted by atomic mass is 35.5. The van der Waals surface area contributed by atoms with Gasteiger partial charge in [-0.15, -0.1) is 0 Å². The number of aliphatic hydroxyl groups is 2. The van der Waals surface area contributed by atoms with Crippen molar-refractivity contribution >= 4 is 29.3 Å². The number of aromatic nitrogens is 2. The maximum Gasteiger partial charge on any atom is 0.256 e. The van der Waals surface area contributed by atoms with Gasteiger partial charge < -0.3 is 25.7 Å². The van der Waals surface area contributed by atoms with Gasteiger partial charge in [0.05, 0.1) is 12.7 Å². The summed E-state index contributed by atoms with van der Waals surface area (Å²) >= 11 is 6.26. The Morgan fingerprint density at radius 2 is 1.89 bits per heavy atom. The largest absolute Gasteiger partial charge is 0.393 e. The Labute approximate surface area is 211 Å². The number of carbonyl (C=O) groups excluding carboxylic acids is 1. The number of hydrogen-bond donors (Lipinski definition) is 4. The van der Waals surface area contributed by atoms with Crippen LogP contribution in [0.1, 0.15) is 72.9 Å². The Kier molecular flexibility index (Phi) is 7.14. The molecule has 8 nitrogen and oxygen atoms in total. The SMILES string of the molecule is O=C(N[C@H]1CC[C@H](O)CC1)c1cnc(N2CCC3(CC2)CC3)nc1NCc1ccc(CO)c(Cl)c1. The summed E-state index contributed by atoms with van der Waals surface area (Å²) in [5.74, 6) is 0.941. The molecule has 0 bridgehead atoms. The molecule has 2 aliphatic carbocycles. The third-order valence-electron chi connectivity index (χ3n) is 7.86. The van der Waals surface area contributed by atoms with E-state index >= 15 is 0 Å². The zero-order chi connectivity index (χ0) is 24.4. The molecule has 2 saturated carbocycles. The van der Waals surface area contributed by atoms with Crippen LogP contribution in [0.3, 0.4) is 0 Å². The average molecular weight is 500 g/mol. The van der Waals surface area contributed by atoms with Gasteiger partial charge in [0.25, 0.3) is 5.91 Å². The number of rotatable bonds is 7. The Hall–Kier alpha value is -2.42. The molecular formula is C26H34ClN5O3. The minimum absolute atomic E-state index is 0.0417. The van der Waals surface area contributed by atoms with E-state index in [-0.39, 0.29) is 24.7 Å². The Bertz CT molecular complexity index is 1060. The maximum atomic E-state index is 13.2. The second kappa shape index (κ2) is 10.3. The molecule has 4 N–H and O–H groups in total. The van der Waals surface area contributed by atoms with Gasteiger partial charge in [0, 0.05) is 36.9 Å². The molecule has 3 aliphatic rings. The van der Waals surface area contributed by atoms with Crippen molar-refractivity contribution in [3.63, 3.8) is 0 Å². The van der Waals surface area contributed by atoms with Gasteiger partial charge >= 0.3 is 0 Å². The molecule has 2 heterocycles. The molecule has 0 radical (unpaired) electrons. The van der Waals surface area contributed by atoms with Gasteiger partial charge in [-0.1, -0.05) is 23.7 Å². The summed E-state index contributed by atoms with van der Waals surface area (Å²) in [4.78, 5) is 24.8. The maximum absolute atomic E-state index is 13.2. The summed E-state index contributed by atoms with van der Waals surface area (Å²) in [5.41, 5.74) is 2.57. The lowest BCUT2D eigenvalue weighted by Gasteiger charge is -2.32. The highest BCUT2D eigenvalue weighted by Crippen LogP contribution is 2.53. The molecule has 9 heteroatoms. The summed E-state index contributed by atoms with van der Waals surface area (Å²) in [6, 6.07) is 5.56. The van der Waals surface area contributed by atoms with E-state index in [9.17, 15) is 15.0 Å². The lowest BCUT2D eigenvalue weighted by atomic mass is 9.93. The number of carbonyl (C=O) groups is 1. The summed E-state index contributed by atoms with van der Waals surface area (Å²) in [6.07, 6.45) is 9.30. The van der Waals surface area contributed by atoms with Crippen LogP contribution in [0.15, 0.2) is 24.4 Å². The Balaban J connectivity index is 1.33. The van der Waals surface area contributed by atoms with Crippen LogP contribution >= 0.6 is 11.6 Å². The smallest absolute Gasteiger partial charge is 0.256 e. The van der Waals surface area contributed by atoms with E-state index in [1.165, 1.54) is 25.7 Å². The van der Waals surface area contributed by atoms with Crippen molar-refractivity contribution in [1.82, 2.24) is 15.3 Å². The minimum atomic E-state index is -0.272. The van der Waals surface area contributed by atoms with Gasteiger partial charge in [0.15, 0.2) is 0 Å². The normalized spacial score (nSPS) is 23.2. The van der Waals surface area contributed by atoms with Crippen LogP contribution in [-0.2, 0) is 13.2 Å². The summed E-state index contributed by atoms with van der Waals surface area (Å²) in [7, 11) is 0. The predicted molar refractivity (Wildman–Crippen MR) is 136 cm³/mol. The van der Waals surface area contributed by atoms with Gasteiger partial charge in [0.2, 0.25) is 5.95 Å². The van der Waals surface area contributed by atoms with E-state index in [0.29, 0.717) is 52.7 Å². The van der Waals surface area contributed by atoms with Gasteiger partial charge in [-0.3, -0.25) is 4.79 Å². The van der Waals surface area contributed by atoms with Gasteiger partial charge in [0.1, 0.15) is 11.4 Å². The molecule has 1 saturated heterocycles. The van der Waals surface area contributed by atoms with E-state index in [2.05, 4.69) is 20.5 Å². The molecule has 188 valence electrons. The average Bonchev–Trinajstić information content (AvgIpc) is 3.63. The molecule has 0 atom stereocenters. The molecule has 1 spiro atoms. The molecule has 2 aromatic rings. The summed E-state index contributed by atoms with van der Waals surface area (Å²) in [5, 5.41) is 26.1. The Morgan fingerprint density at radius 1 is 1.14 bits per heavy atom. The zero-order valence-electron chi connectivity index (χ0n) is 20.0. The molecule has 1 aromatic heterocycles. The van der Waals surface area contributed by atoms with Crippen LogP contribution in [0, 0.1) is 5.41 Å². The summed E-state index contributed by atoms with van der Waals surface area (Å²) < 4.78 is 0. The standard InChI is InChI=1S/C26H34ClN5O3/c27-22-13-17(1-2-18(22)16-33)14-28-23-21(24(35)30-19-3-5-20(34)6-4-19)15-29-25(31-23)32-11-9-26(7-8-26)10-12-32/h1-2,13,15,19-20,33-34H,3-12,14,16H2,(H,30,35)(H,28,29,31)/t19-,20-. The van der Waals surface area contributed by atoms with Gasteiger partial charge in [-0.05, 0) is 74.0 Å². The molecule has 1 aromatic carbocycles. The first-order chi connectivity index (χ1) is 16.9. The number of piperidine rings is 1. The van der Waals surface area contributed by atoms with Crippen molar-refractivity contribution < 1.29 is 15.0 Å². The second-order valence-electron chi connectivity index (χ2n) is 10.3. The van der Waals surface area contributed by atoms with E-state index in [0.717, 1.165) is 31.5 Å². The molecule has 1 amide bonds. The van der Waals surface area contributed by atoms with Crippen molar-refractivity contribution in [3.8, 4) is 0 Å². The fraction of sp³-hybridized carbons (Fsp3) is 0.577. The van der Waals surface area contributed by atoms with Crippen LogP contribution in [0.4, 0.5) is 11.8 Å². The summed E-state index contributed by atoms with van der Waals surface area (Å²) in [6.45, 7) is 2.20. The van der Waals surface area contributed by atoms with Crippen LogP contribution in [0.5, 0.6) is 0 Å². The van der Waals surface area contributed by atoms with Crippen molar-refractivity contribution in [2.75, 3.05) is 23.3 Å². The van der Waals surface area contributed by atoms with Gasteiger partial charge in [-0.25, -0.2) is 4.98 Å². The number of benzene rings is 1. The topological polar surface area (TPSA) is 111 Å². The third kappa shape index (κ3) is 5.71. The first-order valence-electron chi connectivity index (χ1n) is 12.7. The van der Waals surface area contributed by atoms with Crippen molar-refractivity contribution in [3.05, 3.63) is 46.1 Å². The first kappa shape index (κ1) is 24.3.